The van der Waals surface area contributed by atoms with E-state index in [0.29, 0.717) is 19.5 Å². The quantitative estimate of drug-likeness (QED) is 0.761. The highest BCUT2D eigenvalue weighted by Gasteiger charge is 2.36. The lowest BCUT2D eigenvalue weighted by Crippen LogP contribution is -2.40. The van der Waals surface area contributed by atoms with E-state index in [0.717, 1.165) is 12.0 Å². The van der Waals surface area contributed by atoms with E-state index in [4.69, 9.17) is 9.47 Å². The van der Waals surface area contributed by atoms with Crippen molar-refractivity contribution < 1.29 is 19.1 Å². The average molecular weight is 374 g/mol. The molecule has 0 aromatic heterocycles. The molecule has 0 spiro atoms. The van der Waals surface area contributed by atoms with E-state index in [9.17, 15) is 9.59 Å². The van der Waals surface area contributed by atoms with Crippen LogP contribution in [0.1, 0.15) is 39.2 Å². The smallest absolute Gasteiger partial charge is 0.410 e. The van der Waals surface area contributed by atoms with Gasteiger partial charge in [0.25, 0.3) is 0 Å². The van der Waals surface area contributed by atoms with Crippen molar-refractivity contribution in [2.75, 3.05) is 13.1 Å². The highest BCUT2D eigenvalue weighted by Crippen LogP contribution is 2.27. The van der Waals surface area contributed by atoms with Gasteiger partial charge in [0, 0.05) is 19.1 Å². The van der Waals surface area contributed by atoms with E-state index < -0.39 is 11.7 Å². The number of carbonyl (C=O) groups is 2. The van der Waals surface area contributed by atoms with Crippen LogP contribution in [0, 0.1) is 5.92 Å². The number of nitrogens with zero attached hydrogens (tertiary/aromatic N) is 1. The summed E-state index contributed by atoms with van der Waals surface area (Å²) in [5, 5.41) is 2.80. The summed E-state index contributed by atoms with van der Waals surface area (Å²) in [6.45, 7) is 10.6. The number of likely N-dealkylation sites (tertiary alicyclic amines) is 1. The van der Waals surface area contributed by atoms with E-state index in [1.54, 1.807) is 4.90 Å². The Morgan fingerprint density at radius 3 is 2.63 bits per heavy atom. The first-order valence-electron chi connectivity index (χ1n) is 9.33. The fourth-order valence-electron chi connectivity index (χ4n) is 3.12. The van der Waals surface area contributed by atoms with Gasteiger partial charge >= 0.3 is 12.2 Å². The van der Waals surface area contributed by atoms with Crippen LogP contribution in [0.25, 0.3) is 0 Å². The molecule has 1 aromatic carbocycles. The number of benzene rings is 1. The van der Waals surface area contributed by atoms with Gasteiger partial charge in [0.15, 0.2) is 0 Å². The zero-order valence-electron chi connectivity index (χ0n) is 16.4. The molecule has 27 heavy (non-hydrogen) atoms. The van der Waals surface area contributed by atoms with Gasteiger partial charge in [0.2, 0.25) is 0 Å². The summed E-state index contributed by atoms with van der Waals surface area (Å²) in [5.74, 6) is 0.159. The van der Waals surface area contributed by atoms with Crippen molar-refractivity contribution in [3.05, 3.63) is 48.6 Å². The molecule has 0 saturated carbocycles. The van der Waals surface area contributed by atoms with Gasteiger partial charge in [-0.1, -0.05) is 36.4 Å². The minimum Gasteiger partial charge on any atom is -0.445 e. The number of amides is 2. The van der Waals surface area contributed by atoms with Gasteiger partial charge in [-0.15, -0.1) is 6.58 Å². The molecule has 1 heterocycles. The van der Waals surface area contributed by atoms with Gasteiger partial charge in [-0.05, 0) is 45.1 Å². The summed E-state index contributed by atoms with van der Waals surface area (Å²) >= 11 is 0. The highest BCUT2D eigenvalue weighted by molar-refractivity contribution is 5.69. The SMILES string of the molecule is C=CC[C@@H]1CC(CNC(=O)OCc2ccccc2)CN1C(=O)OC(C)(C)C. The molecule has 2 amide bonds. The second kappa shape index (κ2) is 9.44. The lowest BCUT2D eigenvalue weighted by atomic mass is 10.0. The number of carbonyl (C=O) groups excluding carboxylic acids is 2. The third kappa shape index (κ3) is 6.96. The van der Waals surface area contributed by atoms with Crippen LogP contribution in [-0.2, 0) is 16.1 Å². The standard InChI is InChI=1S/C21H30N2O4/c1-5-9-18-12-17(14-23(18)20(25)27-21(2,3)4)13-22-19(24)26-15-16-10-7-6-8-11-16/h5-8,10-11,17-18H,1,9,12-15H2,2-4H3,(H,22,24)/t17?,18-/m1/s1. The van der Waals surface area contributed by atoms with E-state index in [1.807, 2.05) is 57.2 Å². The Balaban J connectivity index is 1.81. The van der Waals surface area contributed by atoms with Gasteiger partial charge in [0.1, 0.15) is 12.2 Å². The first-order valence-corrected chi connectivity index (χ1v) is 9.33. The predicted molar refractivity (Wildman–Crippen MR) is 104 cm³/mol. The molecule has 148 valence electrons. The zero-order valence-corrected chi connectivity index (χ0v) is 16.4. The topological polar surface area (TPSA) is 67.9 Å². The van der Waals surface area contributed by atoms with Gasteiger partial charge in [-0.3, -0.25) is 0 Å². The molecule has 0 bridgehead atoms. The van der Waals surface area contributed by atoms with Crippen molar-refractivity contribution in [2.45, 2.75) is 51.9 Å². The zero-order chi connectivity index (χ0) is 19.9. The Morgan fingerprint density at radius 2 is 2.00 bits per heavy atom. The number of alkyl carbamates (subject to hydrolysis) is 1. The van der Waals surface area contributed by atoms with Crippen LogP contribution in [0.4, 0.5) is 9.59 Å². The van der Waals surface area contributed by atoms with Crippen molar-refractivity contribution in [1.82, 2.24) is 10.2 Å². The molecule has 1 unspecified atom stereocenters. The summed E-state index contributed by atoms with van der Waals surface area (Å²) in [5.41, 5.74) is 0.406. The number of nitrogens with one attached hydrogen (secondary N) is 1. The van der Waals surface area contributed by atoms with Gasteiger partial charge < -0.3 is 19.7 Å². The van der Waals surface area contributed by atoms with Crippen molar-refractivity contribution in [1.29, 1.82) is 0 Å². The number of ether oxygens (including phenoxy) is 2. The molecule has 1 fully saturated rings. The predicted octanol–water partition coefficient (Wildman–Crippen LogP) is 4.11. The minimum atomic E-state index is -0.534. The fourth-order valence-corrected chi connectivity index (χ4v) is 3.12. The average Bonchev–Trinajstić information content (AvgIpc) is 3.01. The Morgan fingerprint density at radius 1 is 1.30 bits per heavy atom. The molecule has 1 aliphatic heterocycles. The third-order valence-corrected chi connectivity index (χ3v) is 4.32. The molecule has 6 heteroatoms. The van der Waals surface area contributed by atoms with Crippen LogP contribution in [0.2, 0.25) is 0 Å². The highest BCUT2D eigenvalue weighted by atomic mass is 16.6. The summed E-state index contributed by atoms with van der Waals surface area (Å²) in [6.07, 6.45) is 2.54. The monoisotopic (exact) mass is 374 g/mol. The molecule has 2 rings (SSSR count). The molecule has 1 aliphatic rings. The molecule has 1 aromatic rings. The van der Waals surface area contributed by atoms with Crippen LogP contribution >= 0.6 is 0 Å². The molecule has 1 N–H and O–H groups in total. The molecular weight excluding hydrogens is 344 g/mol. The molecule has 0 radical (unpaired) electrons. The van der Waals surface area contributed by atoms with Gasteiger partial charge in [0.05, 0.1) is 0 Å². The van der Waals surface area contributed by atoms with Crippen molar-refractivity contribution in [3.8, 4) is 0 Å². The second-order valence-electron chi connectivity index (χ2n) is 7.86. The third-order valence-electron chi connectivity index (χ3n) is 4.32. The largest absolute Gasteiger partial charge is 0.445 e. The maximum absolute atomic E-state index is 12.4. The van der Waals surface area contributed by atoms with Gasteiger partial charge in [-0.2, -0.15) is 0 Å². The Hall–Kier alpha value is -2.50. The number of rotatable bonds is 6. The summed E-state index contributed by atoms with van der Waals surface area (Å²) in [7, 11) is 0. The summed E-state index contributed by atoms with van der Waals surface area (Å²) < 4.78 is 10.7. The fraction of sp³-hybridized carbons (Fsp3) is 0.524. The second-order valence-corrected chi connectivity index (χ2v) is 7.86. The first-order chi connectivity index (χ1) is 12.8. The van der Waals surface area contributed by atoms with Crippen LogP contribution in [-0.4, -0.2) is 41.8 Å². The maximum atomic E-state index is 12.4. The molecular formula is C21H30N2O4. The van der Waals surface area contributed by atoms with Crippen LogP contribution in [0.3, 0.4) is 0 Å². The van der Waals surface area contributed by atoms with E-state index >= 15 is 0 Å². The molecule has 6 nitrogen and oxygen atoms in total. The van der Waals surface area contributed by atoms with Crippen LogP contribution in [0.5, 0.6) is 0 Å². The van der Waals surface area contributed by atoms with Crippen molar-refractivity contribution in [2.24, 2.45) is 5.92 Å². The molecule has 1 saturated heterocycles. The molecule has 2 atom stereocenters. The van der Waals surface area contributed by atoms with E-state index in [1.165, 1.54) is 0 Å². The van der Waals surface area contributed by atoms with Gasteiger partial charge in [-0.25, -0.2) is 9.59 Å². The van der Waals surface area contributed by atoms with Crippen molar-refractivity contribution in [3.63, 3.8) is 0 Å². The minimum absolute atomic E-state index is 0.0458. The number of hydrogen-bond acceptors (Lipinski definition) is 4. The number of hydrogen-bond donors (Lipinski definition) is 1. The summed E-state index contributed by atoms with van der Waals surface area (Å²) in [6, 6.07) is 9.58. The summed E-state index contributed by atoms with van der Waals surface area (Å²) in [4.78, 5) is 26.1. The normalized spacial score (nSPS) is 19.4. The van der Waals surface area contributed by atoms with Crippen LogP contribution in [0.15, 0.2) is 43.0 Å². The first kappa shape index (κ1) is 20.8. The van der Waals surface area contributed by atoms with E-state index in [2.05, 4.69) is 11.9 Å². The maximum Gasteiger partial charge on any atom is 0.410 e. The molecule has 0 aliphatic carbocycles. The van der Waals surface area contributed by atoms with Crippen LogP contribution < -0.4 is 5.32 Å². The lowest BCUT2D eigenvalue weighted by Gasteiger charge is -2.28. The van der Waals surface area contributed by atoms with E-state index in [-0.39, 0.29) is 24.7 Å². The lowest BCUT2D eigenvalue weighted by molar-refractivity contribution is 0.0223. The Labute approximate surface area is 161 Å². The Bertz CT molecular complexity index is 639. The van der Waals surface area contributed by atoms with Crippen molar-refractivity contribution >= 4 is 12.2 Å². The Kier molecular flexibility index (Phi) is 7.28.